The van der Waals surface area contributed by atoms with Crippen LogP contribution < -0.4 is 11.1 Å². The Hall–Kier alpha value is -1.89. The van der Waals surface area contributed by atoms with Gasteiger partial charge in [0, 0.05) is 31.6 Å². The van der Waals surface area contributed by atoms with Crippen molar-refractivity contribution < 1.29 is 14.4 Å². The van der Waals surface area contributed by atoms with Crippen LogP contribution in [-0.4, -0.2) is 66.8 Å². The van der Waals surface area contributed by atoms with E-state index in [9.17, 15) is 14.4 Å². The summed E-state index contributed by atoms with van der Waals surface area (Å²) in [5, 5.41) is 2.66. The van der Waals surface area contributed by atoms with Crippen molar-refractivity contribution in [3.63, 3.8) is 0 Å². The van der Waals surface area contributed by atoms with Crippen molar-refractivity contribution in [3.05, 3.63) is 12.2 Å². The molecule has 7 nitrogen and oxygen atoms in total. The topological polar surface area (TPSA) is 95.7 Å². The van der Waals surface area contributed by atoms with Crippen LogP contribution in [0.15, 0.2) is 12.2 Å². The zero-order valence-electron chi connectivity index (χ0n) is 14.2. The molecule has 1 atom stereocenters. The highest BCUT2D eigenvalue weighted by atomic mass is 16.2. The van der Waals surface area contributed by atoms with Crippen LogP contribution in [0.5, 0.6) is 0 Å². The first-order valence-electron chi connectivity index (χ1n) is 8.02. The first kappa shape index (κ1) is 19.2. The molecule has 1 aliphatic heterocycles. The second-order valence-corrected chi connectivity index (χ2v) is 6.34. The van der Waals surface area contributed by atoms with Crippen LogP contribution in [0.25, 0.3) is 0 Å². The van der Waals surface area contributed by atoms with E-state index in [4.69, 9.17) is 5.73 Å². The predicted octanol–water partition coefficient (Wildman–Crippen LogP) is 0.359. The molecule has 0 aromatic heterocycles. The highest BCUT2D eigenvalue weighted by Gasteiger charge is 2.24. The molecule has 1 rings (SSSR count). The van der Waals surface area contributed by atoms with E-state index in [1.807, 2.05) is 25.8 Å². The number of urea groups is 1. The number of nitrogens with one attached hydrogen (secondary N) is 1. The van der Waals surface area contributed by atoms with E-state index in [0.717, 1.165) is 12.8 Å². The fourth-order valence-electron chi connectivity index (χ4n) is 2.46. The van der Waals surface area contributed by atoms with Crippen LogP contribution in [0.1, 0.15) is 26.7 Å². The average Bonchev–Trinajstić information content (AvgIpc) is 2.46. The predicted molar refractivity (Wildman–Crippen MR) is 88.8 cm³/mol. The van der Waals surface area contributed by atoms with E-state index in [0.29, 0.717) is 19.6 Å². The number of rotatable bonds is 7. The summed E-state index contributed by atoms with van der Waals surface area (Å²) in [5.74, 6) is 0.0920. The van der Waals surface area contributed by atoms with Crippen molar-refractivity contribution >= 4 is 17.7 Å². The minimum atomic E-state index is -0.554. The number of amides is 3. The number of nitrogens with zero attached hydrogens (tertiary/aromatic N) is 2. The molecule has 0 spiro atoms. The Bertz CT molecular complexity index is 462. The highest BCUT2D eigenvalue weighted by molar-refractivity contribution is 5.91. The lowest BCUT2D eigenvalue weighted by Gasteiger charge is -2.33. The van der Waals surface area contributed by atoms with Gasteiger partial charge in [0.15, 0.2) is 5.78 Å². The van der Waals surface area contributed by atoms with Gasteiger partial charge in [0.2, 0.25) is 5.91 Å². The van der Waals surface area contributed by atoms with E-state index in [1.165, 1.54) is 0 Å². The molecule has 0 saturated carbocycles. The van der Waals surface area contributed by atoms with Crippen LogP contribution in [0.2, 0.25) is 0 Å². The number of primary amides is 1. The molecule has 1 unspecified atom stereocenters. The summed E-state index contributed by atoms with van der Waals surface area (Å²) in [7, 11) is 1.84. The van der Waals surface area contributed by atoms with Crippen molar-refractivity contribution in [2.24, 2.45) is 11.7 Å². The molecule has 3 N–H and O–H groups in total. The maximum absolute atomic E-state index is 12.3. The highest BCUT2D eigenvalue weighted by Crippen LogP contribution is 2.10. The quantitative estimate of drug-likeness (QED) is 0.661. The fourth-order valence-corrected chi connectivity index (χ4v) is 2.46. The lowest BCUT2D eigenvalue weighted by Crippen LogP contribution is -2.52. The van der Waals surface area contributed by atoms with Gasteiger partial charge in [-0.2, -0.15) is 0 Å². The largest absolute Gasteiger partial charge is 0.352 e. The second-order valence-electron chi connectivity index (χ2n) is 6.34. The summed E-state index contributed by atoms with van der Waals surface area (Å²) >= 11 is 0. The summed E-state index contributed by atoms with van der Waals surface area (Å²) < 4.78 is 0. The van der Waals surface area contributed by atoms with Crippen molar-refractivity contribution in [1.29, 1.82) is 0 Å². The Morgan fingerprint density at radius 3 is 2.70 bits per heavy atom. The zero-order valence-corrected chi connectivity index (χ0v) is 14.2. The third-order valence-electron chi connectivity index (χ3n) is 3.79. The van der Waals surface area contributed by atoms with Crippen LogP contribution in [-0.2, 0) is 9.59 Å². The number of nitrogens with two attached hydrogens (primary N) is 1. The van der Waals surface area contributed by atoms with Crippen molar-refractivity contribution in [2.45, 2.75) is 32.7 Å². The van der Waals surface area contributed by atoms with Crippen LogP contribution in [0, 0.1) is 5.92 Å². The van der Waals surface area contributed by atoms with Crippen LogP contribution in [0.4, 0.5) is 4.79 Å². The van der Waals surface area contributed by atoms with E-state index >= 15 is 0 Å². The summed E-state index contributed by atoms with van der Waals surface area (Å²) in [6, 6.07) is -0.625. The van der Waals surface area contributed by atoms with Crippen molar-refractivity contribution in [1.82, 2.24) is 15.1 Å². The van der Waals surface area contributed by atoms with Gasteiger partial charge in [-0.3, -0.25) is 14.5 Å². The minimum Gasteiger partial charge on any atom is -0.352 e. The summed E-state index contributed by atoms with van der Waals surface area (Å²) in [4.78, 5) is 38.3. The van der Waals surface area contributed by atoms with Gasteiger partial charge >= 0.3 is 6.03 Å². The van der Waals surface area contributed by atoms with Gasteiger partial charge in [0.25, 0.3) is 0 Å². The van der Waals surface area contributed by atoms with Gasteiger partial charge in [-0.1, -0.05) is 19.9 Å². The molecule has 0 aromatic carbocycles. The molecule has 3 amide bonds. The molecule has 7 heteroatoms. The molecule has 23 heavy (non-hydrogen) atoms. The third-order valence-corrected chi connectivity index (χ3v) is 3.79. The molecular weight excluding hydrogens is 296 g/mol. The standard InChI is InChI=1S/C16H28N4O3/c1-12(2)14(21)7-5-8-19(3)11-15(22)20-9-4-6-13(10-20)18-16(17)23/h5,7,12-13H,4,6,8-11H2,1-3H3,(H3,17,18,23)/b7-5+. The Labute approximate surface area is 137 Å². The molecule has 1 saturated heterocycles. The Kier molecular flexibility index (Phi) is 7.74. The SMILES string of the molecule is CC(C)C(=O)/C=C/CN(C)CC(=O)N1CCCC(NC(N)=O)C1. The number of piperidine rings is 1. The average molecular weight is 324 g/mol. The van der Waals surface area contributed by atoms with Crippen LogP contribution in [0.3, 0.4) is 0 Å². The zero-order chi connectivity index (χ0) is 17.4. The van der Waals surface area contributed by atoms with Crippen LogP contribution >= 0.6 is 0 Å². The van der Waals surface area contributed by atoms with Crippen molar-refractivity contribution in [2.75, 3.05) is 33.2 Å². The maximum Gasteiger partial charge on any atom is 0.312 e. The fraction of sp³-hybridized carbons (Fsp3) is 0.688. The van der Waals surface area contributed by atoms with Gasteiger partial charge in [0.1, 0.15) is 0 Å². The molecular formula is C16H28N4O3. The van der Waals surface area contributed by atoms with Gasteiger partial charge in [-0.05, 0) is 26.0 Å². The lowest BCUT2D eigenvalue weighted by molar-refractivity contribution is -0.133. The second kappa shape index (κ2) is 9.29. The van der Waals surface area contributed by atoms with E-state index in [1.54, 1.807) is 17.1 Å². The van der Waals surface area contributed by atoms with E-state index in [2.05, 4.69) is 5.32 Å². The van der Waals surface area contributed by atoms with Gasteiger partial charge in [0.05, 0.1) is 6.54 Å². The summed E-state index contributed by atoms with van der Waals surface area (Å²) in [6.07, 6.45) is 5.04. The summed E-state index contributed by atoms with van der Waals surface area (Å²) in [6.45, 7) is 5.73. The molecule has 1 aliphatic rings. The number of carbonyl (C=O) groups excluding carboxylic acids is 3. The van der Waals surface area contributed by atoms with Gasteiger partial charge in [-0.15, -0.1) is 0 Å². The molecule has 0 radical (unpaired) electrons. The molecule has 0 bridgehead atoms. The maximum atomic E-state index is 12.3. The number of carbonyl (C=O) groups is 3. The molecule has 130 valence electrons. The van der Waals surface area contributed by atoms with Gasteiger partial charge in [-0.25, -0.2) is 4.79 Å². The first-order valence-corrected chi connectivity index (χ1v) is 8.02. The number of likely N-dealkylation sites (tertiary alicyclic amines) is 1. The third kappa shape index (κ3) is 7.27. The summed E-state index contributed by atoms with van der Waals surface area (Å²) in [5.41, 5.74) is 5.13. The Morgan fingerprint density at radius 1 is 1.39 bits per heavy atom. The first-order chi connectivity index (χ1) is 10.8. The minimum absolute atomic E-state index is 0.0128. The number of likely N-dealkylation sites (N-methyl/N-ethyl adjacent to an activating group) is 1. The Balaban J connectivity index is 2.39. The molecule has 1 fully saturated rings. The molecule has 0 aromatic rings. The molecule has 0 aliphatic carbocycles. The monoisotopic (exact) mass is 324 g/mol. The normalized spacial score (nSPS) is 18.7. The smallest absolute Gasteiger partial charge is 0.312 e. The van der Waals surface area contributed by atoms with Crippen molar-refractivity contribution in [3.8, 4) is 0 Å². The number of hydrogen-bond acceptors (Lipinski definition) is 4. The van der Waals surface area contributed by atoms with Gasteiger partial charge < -0.3 is 16.0 Å². The molecule has 1 heterocycles. The Morgan fingerprint density at radius 2 is 2.09 bits per heavy atom. The number of hydrogen-bond donors (Lipinski definition) is 2. The number of ketones is 1. The van der Waals surface area contributed by atoms with E-state index in [-0.39, 0.29) is 30.2 Å². The lowest BCUT2D eigenvalue weighted by atomic mass is 10.1. The van der Waals surface area contributed by atoms with E-state index < -0.39 is 6.03 Å². The number of allylic oxidation sites excluding steroid dienone is 1.